The first-order chi connectivity index (χ1) is 10.7. The van der Waals surface area contributed by atoms with Gasteiger partial charge in [0.25, 0.3) is 10.0 Å². The minimum Gasteiger partial charge on any atom is -0.508 e. The average Bonchev–Trinajstić information content (AvgIpc) is 2.42. The number of benzene rings is 2. The Morgan fingerprint density at radius 1 is 1.13 bits per heavy atom. The van der Waals surface area contributed by atoms with Crippen LogP contribution in [0.3, 0.4) is 0 Å². The number of halogens is 1. The van der Waals surface area contributed by atoms with Crippen LogP contribution < -0.4 is 5.32 Å². The Balaban J connectivity index is 2.31. The Morgan fingerprint density at radius 3 is 2.17 bits per heavy atom. The van der Waals surface area contributed by atoms with E-state index in [1.165, 1.54) is 24.3 Å². The van der Waals surface area contributed by atoms with Crippen LogP contribution in [0.25, 0.3) is 0 Å². The van der Waals surface area contributed by atoms with Gasteiger partial charge < -0.3 is 10.4 Å². The highest BCUT2D eigenvalue weighted by atomic mass is 35.5. The van der Waals surface area contributed by atoms with Gasteiger partial charge in [-0.3, -0.25) is 0 Å². The molecule has 0 heterocycles. The fourth-order valence-electron chi connectivity index (χ4n) is 2.18. The third-order valence-corrected chi connectivity index (χ3v) is 4.83. The molecule has 0 aromatic heterocycles. The Bertz CT molecular complexity index is 836. The summed E-state index contributed by atoms with van der Waals surface area (Å²) in [6.07, 6.45) is 0. The van der Waals surface area contributed by atoms with Crippen molar-refractivity contribution < 1.29 is 13.5 Å². The Labute approximate surface area is 140 Å². The SMILES string of the molecule is CC(=NS(=O)(=O)c1ccc(Cl)cc1)Nc1c(C)cc(O)cc1C. The quantitative estimate of drug-likeness (QED) is 0.499. The first kappa shape index (κ1) is 17.3. The van der Waals surface area contributed by atoms with Gasteiger partial charge in [0.15, 0.2) is 0 Å². The zero-order chi connectivity index (χ0) is 17.2. The van der Waals surface area contributed by atoms with E-state index < -0.39 is 10.0 Å². The van der Waals surface area contributed by atoms with E-state index in [-0.39, 0.29) is 16.5 Å². The highest BCUT2D eigenvalue weighted by Gasteiger charge is 2.14. The van der Waals surface area contributed by atoms with E-state index in [4.69, 9.17) is 11.6 Å². The fraction of sp³-hybridized carbons (Fsp3) is 0.188. The molecule has 0 fully saturated rings. The number of phenols is 1. The monoisotopic (exact) mass is 352 g/mol. The fourth-order valence-corrected chi connectivity index (χ4v) is 3.30. The molecule has 0 aliphatic heterocycles. The number of hydrogen-bond donors (Lipinski definition) is 2. The third-order valence-electron chi connectivity index (χ3n) is 3.19. The largest absolute Gasteiger partial charge is 0.508 e. The molecular weight excluding hydrogens is 336 g/mol. The predicted molar refractivity (Wildman–Crippen MR) is 93.0 cm³/mol. The minimum atomic E-state index is -3.81. The molecule has 5 nitrogen and oxygen atoms in total. The predicted octanol–water partition coefficient (Wildman–Crippen LogP) is 3.88. The number of nitrogens with zero attached hydrogens (tertiary/aromatic N) is 1. The summed E-state index contributed by atoms with van der Waals surface area (Å²) in [5, 5.41) is 13.0. The lowest BCUT2D eigenvalue weighted by atomic mass is 10.1. The molecule has 2 aromatic rings. The summed E-state index contributed by atoms with van der Waals surface area (Å²) in [5.74, 6) is 0.394. The van der Waals surface area contributed by atoms with Crippen molar-refractivity contribution in [1.82, 2.24) is 0 Å². The van der Waals surface area contributed by atoms with Crippen molar-refractivity contribution in [3.8, 4) is 5.75 Å². The topological polar surface area (TPSA) is 78.8 Å². The average molecular weight is 353 g/mol. The maximum Gasteiger partial charge on any atom is 0.283 e. The van der Waals surface area contributed by atoms with Crippen molar-refractivity contribution in [2.45, 2.75) is 25.7 Å². The summed E-state index contributed by atoms with van der Waals surface area (Å²) < 4.78 is 28.3. The maximum atomic E-state index is 12.3. The van der Waals surface area contributed by atoms with Crippen LogP contribution in [0, 0.1) is 13.8 Å². The van der Waals surface area contributed by atoms with Crippen molar-refractivity contribution in [3.05, 3.63) is 52.5 Å². The number of anilines is 1. The van der Waals surface area contributed by atoms with Gasteiger partial charge in [0.1, 0.15) is 11.6 Å². The molecule has 0 saturated carbocycles. The number of nitrogens with one attached hydrogen (secondary N) is 1. The standard InChI is InChI=1S/C16H17ClN2O3S/c1-10-8-14(20)9-11(2)16(10)18-12(3)19-23(21,22)15-6-4-13(17)5-7-15/h4-9,20H,1-3H3,(H,18,19). The second kappa shape index (κ2) is 6.60. The van der Waals surface area contributed by atoms with Crippen LogP contribution in [0.15, 0.2) is 45.7 Å². The van der Waals surface area contributed by atoms with Crippen molar-refractivity contribution in [2.75, 3.05) is 5.32 Å². The van der Waals surface area contributed by atoms with E-state index in [2.05, 4.69) is 9.71 Å². The van der Waals surface area contributed by atoms with Crippen LogP contribution in [0.5, 0.6) is 5.75 Å². The lowest BCUT2D eigenvalue weighted by Crippen LogP contribution is -2.12. The number of hydrogen-bond acceptors (Lipinski definition) is 3. The second-order valence-electron chi connectivity index (χ2n) is 5.19. The highest BCUT2D eigenvalue weighted by molar-refractivity contribution is 7.90. The molecule has 0 radical (unpaired) electrons. The van der Waals surface area contributed by atoms with Crippen LogP contribution in [0.1, 0.15) is 18.1 Å². The van der Waals surface area contributed by atoms with Crippen LogP contribution in [-0.2, 0) is 10.0 Å². The Hall–Kier alpha value is -2.05. The molecule has 0 saturated heterocycles. The molecule has 2 aromatic carbocycles. The molecule has 122 valence electrons. The zero-order valence-corrected chi connectivity index (χ0v) is 14.5. The van der Waals surface area contributed by atoms with Gasteiger partial charge in [-0.1, -0.05) is 11.6 Å². The van der Waals surface area contributed by atoms with Gasteiger partial charge in [0, 0.05) is 10.7 Å². The molecule has 0 unspecified atom stereocenters. The smallest absolute Gasteiger partial charge is 0.283 e. The number of aromatic hydroxyl groups is 1. The summed E-state index contributed by atoms with van der Waals surface area (Å²) in [4.78, 5) is 0.0715. The summed E-state index contributed by atoms with van der Waals surface area (Å²) in [7, 11) is -3.81. The molecule has 23 heavy (non-hydrogen) atoms. The van der Waals surface area contributed by atoms with Gasteiger partial charge in [0.2, 0.25) is 0 Å². The normalized spacial score (nSPS) is 12.3. The van der Waals surface area contributed by atoms with Crippen LogP contribution >= 0.6 is 11.6 Å². The zero-order valence-electron chi connectivity index (χ0n) is 13.0. The molecule has 0 amide bonds. The van der Waals surface area contributed by atoms with Crippen molar-refractivity contribution in [2.24, 2.45) is 4.40 Å². The van der Waals surface area contributed by atoms with Crippen LogP contribution in [0.4, 0.5) is 5.69 Å². The van der Waals surface area contributed by atoms with E-state index in [0.29, 0.717) is 5.02 Å². The van der Waals surface area contributed by atoms with Crippen LogP contribution in [0.2, 0.25) is 5.02 Å². The Morgan fingerprint density at radius 2 is 1.65 bits per heavy atom. The molecule has 0 bridgehead atoms. The van der Waals surface area contributed by atoms with E-state index in [9.17, 15) is 13.5 Å². The second-order valence-corrected chi connectivity index (χ2v) is 7.23. The molecule has 7 heteroatoms. The van der Waals surface area contributed by atoms with E-state index in [1.807, 2.05) is 13.8 Å². The molecule has 0 aliphatic rings. The molecule has 0 aliphatic carbocycles. The third kappa shape index (κ3) is 4.24. The molecule has 2 N–H and O–H groups in total. The van der Waals surface area contributed by atoms with Crippen molar-refractivity contribution in [3.63, 3.8) is 0 Å². The maximum absolute atomic E-state index is 12.3. The molecule has 2 rings (SSSR count). The first-order valence-corrected chi connectivity index (χ1v) is 8.65. The summed E-state index contributed by atoms with van der Waals surface area (Å²) in [6.45, 7) is 5.20. The molecule has 0 spiro atoms. The van der Waals surface area contributed by atoms with Crippen molar-refractivity contribution >= 4 is 33.1 Å². The number of amidine groups is 1. The van der Waals surface area contributed by atoms with Gasteiger partial charge in [-0.25, -0.2) is 0 Å². The number of phenolic OH excluding ortho intramolecular Hbond substituents is 1. The summed E-state index contributed by atoms with van der Waals surface area (Å²) in [5.41, 5.74) is 2.30. The van der Waals surface area contributed by atoms with Gasteiger partial charge in [0.05, 0.1) is 4.90 Å². The van der Waals surface area contributed by atoms with E-state index in [0.717, 1.165) is 16.8 Å². The lowest BCUT2D eigenvalue weighted by molar-refractivity contribution is 0.474. The van der Waals surface area contributed by atoms with Gasteiger partial charge in [-0.2, -0.15) is 8.42 Å². The Kier molecular flexibility index (Phi) is 4.97. The van der Waals surface area contributed by atoms with Gasteiger partial charge in [-0.05, 0) is 68.3 Å². The van der Waals surface area contributed by atoms with Crippen molar-refractivity contribution in [1.29, 1.82) is 0 Å². The summed E-state index contributed by atoms with van der Waals surface area (Å²) in [6, 6.07) is 9.01. The number of sulfonamides is 1. The first-order valence-electron chi connectivity index (χ1n) is 6.83. The minimum absolute atomic E-state index is 0.0715. The number of aryl methyl sites for hydroxylation is 2. The van der Waals surface area contributed by atoms with E-state index >= 15 is 0 Å². The van der Waals surface area contributed by atoms with Gasteiger partial charge in [-0.15, -0.1) is 4.40 Å². The number of rotatable bonds is 3. The molecule has 0 atom stereocenters. The lowest BCUT2D eigenvalue weighted by Gasteiger charge is -2.13. The molecular formula is C16H17ClN2O3S. The van der Waals surface area contributed by atoms with Crippen LogP contribution in [-0.4, -0.2) is 19.4 Å². The summed E-state index contributed by atoms with van der Waals surface area (Å²) >= 11 is 5.76. The highest BCUT2D eigenvalue weighted by Crippen LogP contribution is 2.25. The van der Waals surface area contributed by atoms with E-state index in [1.54, 1.807) is 19.1 Å². The van der Waals surface area contributed by atoms with Gasteiger partial charge >= 0.3 is 0 Å².